The van der Waals surface area contributed by atoms with Crippen LogP contribution in [0.4, 0.5) is 5.69 Å². The first-order valence-electron chi connectivity index (χ1n) is 5.74. The first-order valence-corrected chi connectivity index (χ1v) is 6.54. The fraction of sp³-hybridized carbons (Fsp3) is 0. The van der Waals surface area contributed by atoms with Crippen molar-refractivity contribution in [3.05, 3.63) is 52.0 Å². The van der Waals surface area contributed by atoms with E-state index in [0.29, 0.717) is 4.47 Å². The number of hydrogen-bond acceptors (Lipinski definition) is 4. The molecule has 0 saturated heterocycles. The third-order valence-electron chi connectivity index (χ3n) is 2.66. The zero-order valence-corrected chi connectivity index (χ0v) is 12.1. The molecule has 7 heteroatoms. The molecule has 0 fully saturated rings. The number of anilines is 1. The summed E-state index contributed by atoms with van der Waals surface area (Å²) in [6.45, 7) is 0. The molecule has 0 radical (unpaired) electrons. The Hall–Kier alpha value is -2.54. The van der Waals surface area contributed by atoms with Crippen LogP contribution in [0.3, 0.4) is 0 Å². The van der Waals surface area contributed by atoms with Crippen molar-refractivity contribution >= 4 is 33.5 Å². The summed E-state index contributed by atoms with van der Waals surface area (Å²) in [6.07, 6.45) is 0. The maximum Gasteiger partial charge on any atom is 0.335 e. The number of hydrogen-bond donors (Lipinski definition) is 4. The number of carbonyl (C=O) groups excluding carboxylic acids is 1. The molecular formula is C14H10BrNO5. The minimum absolute atomic E-state index is 0.000180. The van der Waals surface area contributed by atoms with Crippen LogP contribution < -0.4 is 5.32 Å². The quantitative estimate of drug-likeness (QED) is 0.636. The van der Waals surface area contributed by atoms with Crippen LogP contribution in [0.15, 0.2) is 40.9 Å². The Morgan fingerprint density at radius 2 is 1.81 bits per heavy atom. The highest BCUT2D eigenvalue weighted by Gasteiger charge is 2.15. The molecule has 0 aromatic heterocycles. The van der Waals surface area contributed by atoms with Crippen LogP contribution in [-0.4, -0.2) is 27.2 Å². The molecule has 6 nitrogen and oxygen atoms in total. The minimum Gasteiger partial charge on any atom is -0.504 e. The zero-order chi connectivity index (χ0) is 15.6. The molecule has 0 aliphatic carbocycles. The Bertz CT molecular complexity index is 729. The normalized spacial score (nSPS) is 10.1. The molecule has 2 rings (SSSR count). The first kappa shape index (κ1) is 14.9. The number of carbonyl (C=O) groups is 2. The van der Waals surface area contributed by atoms with Gasteiger partial charge in [-0.2, -0.15) is 0 Å². The molecule has 4 N–H and O–H groups in total. The van der Waals surface area contributed by atoms with Crippen molar-refractivity contribution in [3.8, 4) is 11.5 Å². The molecule has 108 valence electrons. The topological polar surface area (TPSA) is 107 Å². The van der Waals surface area contributed by atoms with Gasteiger partial charge in [0.2, 0.25) is 0 Å². The number of halogens is 1. The number of nitrogens with one attached hydrogen (secondary N) is 1. The smallest absolute Gasteiger partial charge is 0.335 e. The lowest BCUT2D eigenvalue weighted by Crippen LogP contribution is -2.12. The number of phenolic OH excluding ortho intramolecular Hbond substituents is 2. The summed E-state index contributed by atoms with van der Waals surface area (Å²) in [5.74, 6) is -2.75. The molecule has 0 spiro atoms. The van der Waals surface area contributed by atoms with Crippen LogP contribution >= 0.6 is 15.9 Å². The maximum absolute atomic E-state index is 12.0. The fourth-order valence-electron chi connectivity index (χ4n) is 1.70. The SMILES string of the molecule is O=C(O)c1cc(Br)cc(NC(=O)c2cccc(O)c2O)c1. The molecule has 0 atom stereocenters. The Kier molecular flexibility index (Phi) is 4.13. The molecule has 0 bridgehead atoms. The summed E-state index contributed by atoms with van der Waals surface area (Å²) < 4.78 is 0.484. The predicted molar refractivity (Wildman–Crippen MR) is 78.8 cm³/mol. The lowest BCUT2D eigenvalue weighted by atomic mass is 10.1. The molecule has 21 heavy (non-hydrogen) atoms. The zero-order valence-electron chi connectivity index (χ0n) is 10.5. The average molecular weight is 352 g/mol. The lowest BCUT2D eigenvalue weighted by Gasteiger charge is -2.09. The van der Waals surface area contributed by atoms with Gasteiger partial charge in [-0.1, -0.05) is 22.0 Å². The van der Waals surface area contributed by atoms with E-state index in [4.69, 9.17) is 5.11 Å². The molecule has 2 aromatic carbocycles. The Morgan fingerprint density at radius 3 is 2.48 bits per heavy atom. The summed E-state index contributed by atoms with van der Waals surface area (Å²) in [6, 6.07) is 8.18. The number of phenols is 2. The molecule has 0 saturated carbocycles. The number of carboxylic acid groups (broad SMARTS) is 1. The number of carboxylic acids is 1. The van der Waals surface area contributed by atoms with E-state index in [1.165, 1.54) is 36.4 Å². The van der Waals surface area contributed by atoms with E-state index >= 15 is 0 Å². The van der Waals surface area contributed by atoms with Crippen molar-refractivity contribution in [2.75, 3.05) is 5.32 Å². The summed E-state index contributed by atoms with van der Waals surface area (Å²) >= 11 is 3.15. The van der Waals surface area contributed by atoms with Crippen molar-refractivity contribution < 1.29 is 24.9 Å². The fourth-order valence-corrected chi connectivity index (χ4v) is 2.19. The molecule has 2 aromatic rings. The predicted octanol–water partition coefficient (Wildman–Crippen LogP) is 2.81. The van der Waals surface area contributed by atoms with Crippen LogP contribution in [0.5, 0.6) is 11.5 Å². The number of rotatable bonds is 3. The van der Waals surface area contributed by atoms with Crippen molar-refractivity contribution in [1.29, 1.82) is 0 Å². The summed E-state index contributed by atoms with van der Waals surface area (Å²) in [7, 11) is 0. The average Bonchev–Trinajstić information content (AvgIpc) is 2.41. The van der Waals surface area contributed by atoms with E-state index in [1.807, 2.05) is 0 Å². The Morgan fingerprint density at radius 1 is 1.10 bits per heavy atom. The minimum atomic E-state index is -1.13. The number of aromatic hydroxyl groups is 2. The van der Waals surface area contributed by atoms with E-state index < -0.39 is 23.4 Å². The van der Waals surface area contributed by atoms with Gasteiger partial charge in [-0.25, -0.2) is 4.79 Å². The van der Waals surface area contributed by atoms with Crippen LogP contribution in [0, 0.1) is 0 Å². The molecule has 1 amide bonds. The van der Waals surface area contributed by atoms with Gasteiger partial charge in [-0.3, -0.25) is 4.79 Å². The van der Waals surface area contributed by atoms with E-state index in [2.05, 4.69) is 21.2 Å². The van der Waals surface area contributed by atoms with Crippen LogP contribution in [0.25, 0.3) is 0 Å². The van der Waals surface area contributed by atoms with Gasteiger partial charge >= 0.3 is 5.97 Å². The first-order chi connectivity index (χ1) is 9.88. The second kappa shape index (κ2) is 5.84. The summed E-state index contributed by atoms with van der Waals surface area (Å²) in [5, 5.41) is 30.4. The third kappa shape index (κ3) is 3.32. The molecular weight excluding hydrogens is 342 g/mol. The number of amides is 1. The maximum atomic E-state index is 12.0. The highest BCUT2D eigenvalue weighted by atomic mass is 79.9. The van der Waals surface area contributed by atoms with Gasteiger partial charge < -0.3 is 20.6 Å². The van der Waals surface area contributed by atoms with Gasteiger partial charge in [0.1, 0.15) is 0 Å². The summed E-state index contributed by atoms with van der Waals surface area (Å²) in [5.41, 5.74) is 0.126. The third-order valence-corrected chi connectivity index (χ3v) is 3.12. The molecule has 0 aliphatic heterocycles. The highest BCUT2D eigenvalue weighted by Crippen LogP contribution is 2.29. The van der Waals surface area contributed by atoms with E-state index in [1.54, 1.807) is 0 Å². The van der Waals surface area contributed by atoms with E-state index in [-0.39, 0.29) is 16.8 Å². The molecule has 0 aliphatic rings. The monoisotopic (exact) mass is 351 g/mol. The van der Waals surface area contributed by atoms with Gasteiger partial charge in [-0.15, -0.1) is 0 Å². The number of para-hydroxylation sites is 1. The second-order valence-corrected chi connectivity index (χ2v) is 5.08. The molecule has 0 heterocycles. The van der Waals surface area contributed by atoms with Gasteiger partial charge in [0.15, 0.2) is 11.5 Å². The van der Waals surface area contributed by atoms with Gasteiger partial charge in [-0.05, 0) is 30.3 Å². The van der Waals surface area contributed by atoms with Gasteiger partial charge in [0.05, 0.1) is 11.1 Å². The van der Waals surface area contributed by atoms with Crippen LogP contribution in [0.1, 0.15) is 20.7 Å². The van der Waals surface area contributed by atoms with E-state index in [9.17, 15) is 19.8 Å². The van der Waals surface area contributed by atoms with Crippen LogP contribution in [0.2, 0.25) is 0 Å². The molecule has 0 unspecified atom stereocenters. The number of benzene rings is 2. The van der Waals surface area contributed by atoms with Crippen molar-refractivity contribution in [3.63, 3.8) is 0 Å². The largest absolute Gasteiger partial charge is 0.504 e. The van der Waals surface area contributed by atoms with E-state index in [0.717, 1.165) is 0 Å². The van der Waals surface area contributed by atoms with Crippen molar-refractivity contribution in [2.45, 2.75) is 0 Å². The lowest BCUT2D eigenvalue weighted by molar-refractivity contribution is 0.0696. The second-order valence-electron chi connectivity index (χ2n) is 4.16. The van der Waals surface area contributed by atoms with Gasteiger partial charge in [0.25, 0.3) is 5.91 Å². The van der Waals surface area contributed by atoms with Crippen molar-refractivity contribution in [1.82, 2.24) is 0 Å². The van der Waals surface area contributed by atoms with Crippen molar-refractivity contribution in [2.24, 2.45) is 0 Å². The standard InChI is InChI=1S/C14H10BrNO5/c15-8-4-7(14(20)21)5-9(6-8)16-13(19)10-2-1-3-11(17)12(10)18/h1-6,17-18H,(H,16,19)(H,20,21). The van der Waals surface area contributed by atoms with Gasteiger partial charge in [0, 0.05) is 10.2 Å². The number of aromatic carboxylic acids is 1. The summed E-state index contributed by atoms with van der Waals surface area (Å²) in [4.78, 5) is 23.0. The van der Waals surface area contributed by atoms with Crippen LogP contribution in [-0.2, 0) is 0 Å². The Labute approximate surface area is 127 Å². The highest BCUT2D eigenvalue weighted by molar-refractivity contribution is 9.10. The Balaban J connectivity index is 2.31.